The van der Waals surface area contributed by atoms with Gasteiger partial charge in [-0.05, 0) is 49.4 Å². The zero-order valence-corrected chi connectivity index (χ0v) is 17.4. The predicted octanol–water partition coefficient (Wildman–Crippen LogP) is 4.93. The summed E-state index contributed by atoms with van der Waals surface area (Å²) in [4.78, 5) is 12.4. The molecule has 0 unspecified atom stereocenters. The molecule has 0 saturated heterocycles. The number of rotatable bonds is 7. The second kappa shape index (κ2) is 9.15. The number of hydrogen-bond donors (Lipinski definition) is 2. The lowest BCUT2D eigenvalue weighted by molar-refractivity contribution is 0.102. The molecule has 0 atom stereocenters. The molecule has 0 heterocycles. The van der Waals surface area contributed by atoms with Crippen LogP contribution in [0.25, 0.3) is 0 Å². The lowest BCUT2D eigenvalue weighted by atomic mass is 10.2. The Kier molecular flexibility index (Phi) is 6.59. The molecule has 0 saturated carbocycles. The minimum atomic E-state index is -4.01. The average molecular weight is 449 g/mol. The van der Waals surface area contributed by atoms with E-state index in [2.05, 4.69) is 10.0 Å². The summed E-state index contributed by atoms with van der Waals surface area (Å²) in [6.07, 6.45) is 0. The molecule has 156 valence electrons. The molecule has 0 spiro atoms. The van der Waals surface area contributed by atoms with Crippen LogP contribution in [-0.2, 0) is 10.0 Å². The van der Waals surface area contributed by atoms with Crippen molar-refractivity contribution in [2.75, 3.05) is 16.6 Å². The van der Waals surface area contributed by atoms with Gasteiger partial charge in [-0.1, -0.05) is 35.9 Å². The van der Waals surface area contributed by atoms with E-state index in [0.29, 0.717) is 0 Å². The fourth-order valence-electron chi connectivity index (χ4n) is 2.64. The van der Waals surface area contributed by atoms with Crippen molar-refractivity contribution in [2.24, 2.45) is 0 Å². The van der Waals surface area contributed by atoms with Crippen LogP contribution in [0, 0.1) is 5.82 Å². The summed E-state index contributed by atoms with van der Waals surface area (Å²) in [7, 11) is -4.01. The Labute approximate surface area is 178 Å². The molecule has 0 radical (unpaired) electrons. The van der Waals surface area contributed by atoms with Crippen LogP contribution in [0.1, 0.15) is 17.3 Å². The van der Waals surface area contributed by atoms with Crippen LogP contribution in [0.2, 0.25) is 5.02 Å². The van der Waals surface area contributed by atoms with Gasteiger partial charge in [0.15, 0.2) is 0 Å². The number of para-hydroxylation sites is 1. The second-order valence-corrected chi connectivity index (χ2v) is 8.20. The van der Waals surface area contributed by atoms with Crippen LogP contribution in [-0.4, -0.2) is 20.9 Å². The first kappa shape index (κ1) is 21.6. The van der Waals surface area contributed by atoms with Crippen LogP contribution in [0.4, 0.5) is 15.8 Å². The van der Waals surface area contributed by atoms with Gasteiger partial charge in [0.25, 0.3) is 15.9 Å². The Bertz CT molecular complexity index is 1190. The molecule has 0 bridgehead atoms. The molecule has 0 aliphatic carbocycles. The first-order valence-corrected chi connectivity index (χ1v) is 10.8. The maximum atomic E-state index is 13.9. The minimum Gasteiger partial charge on any atom is -0.492 e. The quantitative estimate of drug-likeness (QED) is 0.536. The van der Waals surface area contributed by atoms with Gasteiger partial charge in [-0.15, -0.1) is 0 Å². The molecule has 0 aliphatic heterocycles. The number of halogens is 2. The van der Waals surface area contributed by atoms with Crippen LogP contribution >= 0.6 is 11.6 Å². The minimum absolute atomic E-state index is 0.0899. The SMILES string of the molecule is CCOc1ccc(S(=O)(=O)Nc2ccccc2Cl)cc1NC(=O)c1ccccc1F. The van der Waals surface area contributed by atoms with E-state index in [0.717, 1.165) is 6.07 Å². The topological polar surface area (TPSA) is 84.5 Å². The maximum absolute atomic E-state index is 13.9. The third-order valence-corrected chi connectivity index (χ3v) is 5.74. The highest BCUT2D eigenvalue weighted by atomic mass is 35.5. The molecule has 0 aliphatic rings. The molecule has 0 aromatic heterocycles. The van der Waals surface area contributed by atoms with Gasteiger partial charge in [0.05, 0.1) is 33.5 Å². The zero-order chi connectivity index (χ0) is 21.7. The summed E-state index contributed by atoms with van der Waals surface area (Å²) < 4.78 is 47.4. The number of hydrogen-bond acceptors (Lipinski definition) is 4. The monoisotopic (exact) mass is 448 g/mol. The largest absolute Gasteiger partial charge is 0.492 e. The van der Waals surface area contributed by atoms with Gasteiger partial charge in [0.1, 0.15) is 11.6 Å². The number of amides is 1. The lowest BCUT2D eigenvalue weighted by Gasteiger charge is -2.15. The van der Waals surface area contributed by atoms with Crippen LogP contribution in [0.3, 0.4) is 0 Å². The smallest absolute Gasteiger partial charge is 0.262 e. The lowest BCUT2D eigenvalue weighted by Crippen LogP contribution is -2.17. The fourth-order valence-corrected chi connectivity index (χ4v) is 3.98. The van der Waals surface area contributed by atoms with E-state index in [4.69, 9.17) is 16.3 Å². The van der Waals surface area contributed by atoms with Gasteiger partial charge in [0.2, 0.25) is 0 Å². The van der Waals surface area contributed by atoms with Gasteiger partial charge in [0, 0.05) is 0 Å². The molecule has 3 rings (SSSR count). The molecular formula is C21H18ClFN2O4S. The molecule has 9 heteroatoms. The van der Waals surface area contributed by atoms with Crippen LogP contribution in [0.5, 0.6) is 5.75 Å². The number of nitrogens with one attached hydrogen (secondary N) is 2. The Morgan fingerprint density at radius 1 is 1.03 bits per heavy atom. The second-order valence-electron chi connectivity index (χ2n) is 6.11. The number of sulfonamides is 1. The van der Waals surface area contributed by atoms with Crippen LogP contribution < -0.4 is 14.8 Å². The summed E-state index contributed by atoms with van der Waals surface area (Å²) in [6.45, 7) is 2.03. The van der Waals surface area contributed by atoms with E-state index in [9.17, 15) is 17.6 Å². The third kappa shape index (κ3) is 4.90. The molecule has 3 aromatic carbocycles. The van der Waals surface area contributed by atoms with Crippen molar-refractivity contribution >= 4 is 38.9 Å². The number of ether oxygens (including phenoxy) is 1. The van der Waals surface area contributed by atoms with Gasteiger partial charge < -0.3 is 10.1 Å². The normalized spacial score (nSPS) is 11.0. The molecule has 2 N–H and O–H groups in total. The standard InChI is InChI=1S/C21H18ClFN2O4S/c1-2-29-20-12-11-14(30(27,28)25-18-10-6-4-8-16(18)22)13-19(20)24-21(26)15-7-3-5-9-17(15)23/h3-13,25H,2H2,1H3,(H,24,26). The zero-order valence-electron chi connectivity index (χ0n) is 15.9. The molecular weight excluding hydrogens is 431 g/mol. The van der Waals surface area contributed by atoms with Gasteiger partial charge in [-0.25, -0.2) is 12.8 Å². The van der Waals surface area contributed by atoms with Crippen LogP contribution in [0.15, 0.2) is 71.6 Å². The third-order valence-electron chi connectivity index (χ3n) is 4.05. The van der Waals surface area contributed by atoms with Crippen molar-refractivity contribution in [1.29, 1.82) is 0 Å². The highest BCUT2D eigenvalue weighted by Gasteiger charge is 2.20. The highest BCUT2D eigenvalue weighted by molar-refractivity contribution is 7.92. The van der Waals surface area contributed by atoms with Gasteiger partial charge >= 0.3 is 0 Å². The first-order chi connectivity index (χ1) is 14.3. The molecule has 3 aromatic rings. The van der Waals surface area contributed by atoms with Crippen molar-refractivity contribution in [2.45, 2.75) is 11.8 Å². The van der Waals surface area contributed by atoms with E-state index in [-0.39, 0.29) is 39.2 Å². The Morgan fingerprint density at radius 3 is 2.43 bits per heavy atom. The molecule has 1 amide bonds. The number of anilines is 2. The van der Waals surface area contributed by atoms with E-state index in [1.54, 1.807) is 25.1 Å². The maximum Gasteiger partial charge on any atom is 0.262 e. The van der Waals surface area contributed by atoms with Crippen molar-refractivity contribution in [3.63, 3.8) is 0 Å². The van der Waals surface area contributed by atoms with E-state index in [1.165, 1.54) is 42.5 Å². The van der Waals surface area contributed by atoms with Crippen molar-refractivity contribution in [3.8, 4) is 5.75 Å². The van der Waals surface area contributed by atoms with Crippen molar-refractivity contribution in [1.82, 2.24) is 0 Å². The Hall–Kier alpha value is -3.10. The first-order valence-electron chi connectivity index (χ1n) is 8.92. The Balaban J connectivity index is 1.95. The summed E-state index contributed by atoms with van der Waals surface area (Å²) >= 11 is 6.03. The highest BCUT2D eigenvalue weighted by Crippen LogP contribution is 2.30. The number of carbonyl (C=O) groups is 1. The van der Waals surface area contributed by atoms with E-state index in [1.807, 2.05) is 0 Å². The van der Waals surface area contributed by atoms with Crippen molar-refractivity contribution < 1.29 is 22.3 Å². The number of carbonyl (C=O) groups excluding carboxylic acids is 1. The van der Waals surface area contributed by atoms with E-state index < -0.39 is 21.7 Å². The number of benzene rings is 3. The molecule has 6 nitrogen and oxygen atoms in total. The molecule has 30 heavy (non-hydrogen) atoms. The van der Waals surface area contributed by atoms with Gasteiger partial charge in [-0.3, -0.25) is 9.52 Å². The summed E-state index contributed by atoms with van der Waals surface area (Å²) in [5, 5.41) is 2.75. The fraction of sp³-hybridized carbons (Fsp3) is 0.0952. The Morgan fingerprint density at radius 2 is 1.73 bits per heavy atom. The molecule has 0 fully saturated rings. The summed E-state index contributed by atoms with van der Waals surface area (Å²) in [5.41, 5.74) is 0.125. The summed E-state index contributed by atoms with van der Waals surface area (Å²) in [6, 6.07) is 15.9. The predicted molar refractivity (Wildman–Crippen MR) is 114 cm³/mol. The van der Waals surface area contributed by atoms with Gasteiger partial charge in [-0.2, -0.15) is 0 Å². The summed E-state index contributed by atoms with van der Waals surface area (Å²) in [5.74, 6) is -1.18. The van der Waals surface area contributed by atoms with Crippen molar-refractivity contribution in [3.05, 3.63) is 83.1 Å². The average Bonchev–Trinajstić information content (AvgIpc) is 2.71. The van der Waals surface area contributed by atoms with E-state index >= 15 is 0 Å².